The highest BCUT2D eigenvalue weighted by Gasteiger charge is 2.34. The first-order chi connectivity index (χ1) is 26.1. The van der Waals surface area contributed by atoms with Crippen LogP contribution in [0.3, 0.4) is 0 Å². The lowest BCUT2D eigenvalue weighted by atomic mass is 10.1. The number of nitrogens with two attached hydrogens (primary N) is 1. The number of hydrogen-bond donors (Lipinski definition) is 6. The number of alkyl carbamates (subject to hydrolysis) is 2. The van der Waals surface area contributed by atoms with Gasteiger partial charge in [-0.15, -0.1) is 0 Å². The number of hydrogen-bond acceptors (Lipinski definition) is 11. The summed E-state index contributed by atoms with van der Waals surface area (Å²) in [5.74, 6) is -2.22. The second kappa shape index (κ2) is 25.6. The lowest BCUT2D eigenvalue weighted by Crippen LogP contribution is -2.60. The topological polar surface area (TPSA) is 226 Å². The molecule has 1 saturated carbocycles. The van der Waals surface area contributed by atoms with Gasteiger partial charge in [-0.25, -0.2) is 14.4 Å². The highest BCUT2D eigenvalue weighted by atomic mass is 16.6. The molecule has 0 aromatic heterocycles. The Hall–Kier alpha value is -3.66. The Morgan fingerprint density at radius 1 is 0.679 bits per heavy atom. The predicted octanol–water partition coefficient (Wildman–Crippen LogP) is 4.51. The Morgan fingerprint density at radius 3 is 1.73 bits per heavy atom. The number of rotatable bonds is 22. The summed E-state index contributed by atoms with van der Waals surface area (Å²) in [5.41, 5.74) is 4.90. The molecule has 0 aliphatic heterocycles. The van der Waals surface area contributed by atoms with E-state index < -0.39 is 77.4 Å². The summed E-state index contributed by atoms with van der Waals surface area (Å²) in [4.78, 5) is 78.2. The van der Waals surface area contributed by atoms with Crippen molar-refractivity contribution in [2.75, 3.05) is 19.7 Å². The molecule has 0 bridgehead atoms. The molecule has 0 unspecified atom stereocenters. The molecule has 56 heavy (non-hydrogen) atoms. The van der Waals surface area contributed by atoms with Crippen LogP contribution in [0, 0.1) is 5.92 Å². The summed E-state index contributed by atoms with van der Waals surface area (Å²) in [5, 5.41) is 13.6. The van der Waals surface area contributed by atoms with E-state index in [1.807, 2.05) is 13.8 Å². The molecule has 0 spiro atoms. The van der Waals surface area contributed by atoms with E-state index in [4.69, 9.17) is 24.7 Å². The molecular weight excluding hydrogens is 724 g/mol. The van der Waals surface area contributed by atoms with Gasteiger partial charge in [-0.3, -0.25) is 14.4 Å². The molecule has 0 heterocycles. The van der Waals surface area contributed by atoms with Crippen molar-refractivity contribution in [2.24, 2.45) is 11.7 Å². The summed E-state index contributed by atoms with van der Waals surface area (Å²) in [6, 6.07) is -4.21. The molecule has 1 aliphatic rings. The van der Waals surface area contributed by atoms with E-state index in [1.165, 1.54) is 0 Å². The van der Waals surface area contributed by atoms with Gasteiger partial charge in [0.05, 0.1) is 12.1 Å². The number of amides is 5. The molecular formula is C40H74N6O10. The van der Waals surface area contributed by atoms with E-state index in [1.54, 1.807) is 55.4 Å². The summed E-state index contributed by atoms with van der Waals surface area (Å²) in [7, 11) is 0. The molecule has 0 saturated heterocycles. The number of esters is 1. The van der Waals surface area contributed by atoms with Gasteiger partial charge < -0.3 is 51.3 Å². The second-order valence-electron chi connectivity index (χ2n) is 17.1. The van der Waals surface area contributed by atoms with Crippen LogP contribution < -0.4 is 32.3 Å². The van der Waals surface area contributed by atoms with E-state index in [9.17, 15) is 28.8 Å². The summed E-state index contributed by atoms with van der Waals surface area (Å²) in [6.07, 6.45) is 5.53. The SMILES string of the molecule is CC[C@H](NC(=O)[C@@H](NC(=O)[C@@H](N)CCCNC(=O)OC(C)(C)C)[C@@H](C)OCC(C)C)C(=O)N[C@@H](CCCCNC(=O)OC(C)(C)C)C(=O)OC1CCCCCC1. The number of carbonyl (C=O) groups is 6. The Bertz CT molecular complexity index is 1230. The monoisotopic (exact) mass is 799 g/mol. The lowest BCUT2D eigenvalue weighted by molar-refractivity contribution is -0.154. The van der Waals surface area contributed by atoms with Crippen LogP contribution in [0.2, 0.25) is 0 Å². The van der Waals surface area contributed by atoms with Gasteiger partial charge in [0.15, 0.2) is 0 Å². The fourth-order valence-electron chi connectivity index (χ4n) is 5.77. The van der Waals surface area contributed by atoms with Crippen LogP contribution >= 0.6 is 0 Å². The Balaban J connectivity index is 3.00. The lowest BCUT2D eigenvalue weighted by Gasteiger charge is -2.29. The molecule has 0 aromatic rings. The van der Waals surface area contributed by atoms with Gasteiger partial charge in [0.2, 0.25) is 17.7 Å². The van der Waals surface area contributed by atoms with Crippen LogP contribution in [0.4, 0.5) is 9.59 Å². The Labute approximate surface area is 334 Å². The minimum Gasteiger partial charge on any atom is -0.461 e. The van der Waals surface area contributed by atoms with E-state index in [2.05, 4.69) is 26.6 Å². The van der Waals surface area contributed by atoms with Gasteiger partial charge in [-0.1, -0.05) is 33.6 Å². The smallest absolute Gasteiger partial charge is 0.407 e. The third kappa shape index (κ3) is 22.8. The molecule has 7 N–H and O–H groups in total. The third-order valence-electron chi connectivity index (χ3n) is 8.75. The molecule has 0 radical (unpaired) electrons. The molecule has 5 atom stereocenters. The van der Waals surface area contributed by atoms with Crippen molar-refractivity contribution in [3.8, 4) is 0 Å². The second-order valence-corrected chi connectivity index (χ2v) is 17.1. The number of unbranched alkanes of at least 4 members (excludes halogenated alkanes) is 1. The molecule has 0 aromatic carbocycles. The number of ether oxygens (including phenoxy) is 4. The van der Waals surface area contributed by atoms with Crippen molar-refractivity contribution in [1.29, 1.82) is 0 Å². The Morgan fingerprint density at radius 2 is 1.21 bits per heavy atom. The van der Waals surface area contributed by atoms with Gasteiger partial charge in [0, 0.05) is 19.7 Å². The molecule has 16 heteroatoms. The molecule has 1 fully saturated rings. The quantitative estimate of drug-likeness (QED) is 0.0387. The average molecular weight is 799 g/mol. The normalized spacial score (nSPS) is 16.6. The van der Waals surface area contributed by atoms with Gasteiger partial charge in [0.25, 0.3) is 0 Å². The summed E-state index contributed by atoms with van der Waals surface area (Å²) in [6.45, 7) is 18.7. The zero-order chi connectivity index (χ0) is 42.5. The first-order valence-corrected chi connectivity index (χ1v) is 20.5. The van der Waals surface area contributed by atoms with Crippen molar-refractivity contribution in [1.82, 2.24) is 26.6 Å². The fourth-order valence-corrected chi connectivity index (χ4v) is 5.77. The van der Waals surface area contributed by atoms with Crippen LogP contribution in [-0.4, -0.2) is 103 Å². The molecule has 5 amide bonds. The first-order valence-electron chi connectivity index (χ1n) is 20.5. The highest BCUT2D eigenvalue weighted by Crippen LogP contribution is 2.21. The largest absolute Gasteiger partial charge is 0.461 e. The average Bonchev–Trinajstić information content (AvgIpc) is 3.36. The minimum atomic E-state index is -1.19. The fraction of sp³-hybridized carbons (Fsp3) is 0.850. The van der Waals surface area contributed by atoms with E-state index in [0.29, 0.717) is 32.4 Å². The maximum Gasteiger partial charge on any atom is 0.407 e. The molecule has 16 nitrogen and oxygen atoms in total. The number of nitrogens with one attached hydrogen (secondary N) is 5. The summed E-state index contributed by atoms with van der Waals surface area (Å²) >= 11 is 0. The number of carbonyl (C=O) groups excluding carboxylic acids is 6. The molecule has 1 rings (SSSR count). The van der Waals surface area contributed by atoms with Crippen molar-refractivity contribution < 1.29 is 47.7 Å². The van der Waals surface area contributed by atoms with Crippen molar-refractivity contribution in [2.45, 2.75) is 194 Å². The van der Waals surface area contributed by atoms with Crippen LogP contribution in [0.15, 0.2) is 0 Å². The van der Waals surface area contributed by atoms with Gasteiger partial charge in [0.1, 0.15) is 35.4 Å². The molecule has 1 aliphatic carbocycles. The van der Waals surface area contributed by atoms with E-state index in [-0.39, 0.29) is 37.8 Å². The maximum absolute atomic E-state index is 13.8. The van der Waals surface area contributed by atoms with Crippen LogP contribution in [0.5, 0.6) is 0 Å². The summed E-state index contributed by atoms with van der Waals surface area (Å²) < 4.78 is 22.3. The third-order valence-corrected chi connectivity index (χ3v) is 8.75. The zero-order valence-corrected chi connectivity index (χ0v) is 35.8. The first kappa shape index (κ1) is 50.4. The Kier molecular flexibility index (Phi) is 23.0. The van der Waals surface area contributed by atoms with Gasteiger partial charge >= 0.3 is 18.2 Å². The standard InChI is InChI=1S/C40H74N6O10/c1-11-30(34(48)45-31(36(50)54-28-19-14-12-13-15-20-28)22-16-17-23-42-37(51)55-39(5,6)7)44-35(49)32(27(4)53-25-26(2)3)46-33(47)29(41)21-18-24-43-38(52)56-40(8,9)10/h26-32H,11-25,41H2,1-10H3,(H,42,51)(H,43,52)(H,44,49)(H,45,48)(H,46,47)/t27-,29+,30+,31+,32+/m1/s1. The van der Waals surface area contributed by atoms with Crippen molar-refractivity contribution in [3.63, 3.8) is 0 Å². The zero-order valence-electron chi connectivity index (χ0n) is 35.8. The van der Waals surface area contributed by atoms with E-state index >= 15 is 0 Å². The van der Waals surface area contributed by atoms with Crippen molar-refractivity contribution >= 4 is 35.9 Å². The predicted molar refractivity (Wildman–Crippen MR) is 213 cm³/mol. The molecule has 324 valence electrons. The van der Waals surface area contributed by atoms with Gasteiger partial charge in [-0.05, 0) is 119 Å². The van der Waals surface area contributed by atoms with Crippen molar-refractivity contribution in [3.05, 3.63) is 0 Å². The van der Waals surface area contributed by atoms with Gasteiger partial charge in [-0.2, -0.15) is 0 Å². The maximum atomic E-state index is 13.8. The highest BCUT2D eigenvalue weighted by molar-refractivity contribution is 5.94. The van der Waals surface area contributed by atoms with Crippen LogP contribution in [0.1, 0.15) is 146 Å². The van der Waals surface area contributed by atoms with Crippen LogP contribution in [0.25, 0.3) is 0 Å². The van der Waals surface area contributed by atoms with E-state index in [0.717, 1.165) is 38.5 Å². The van der Waals surface area contributed by atoms with Crippen LogP contribution in [-0.2, 0) is 38.1 Å². The minimum absolute atomic E-state index is 0.147.